The van der Waals surface area contributed by atoms with E-state index in [1.54, 1.807) is 30.3 Å². The van der Waals surface area contributed by atoms with Gasteiger partial charge in [0.25, 0.3) is 10.0 Å². The van der Waals surface area contributed by atoms with Gasteiger partial charge in [-0.15, -0.1) is 0 Å². The Morgan fingerprint density at radius 1 is 0.867 bits per heavy atom. The number of sulfonamides is 1. The number of ether oxygens (including phenoxy) is 1. The van der Waals surface area contributed by atoms with E-state index in [1.807, 2.05) is 75.4 Å². The van der Waals surface area contributed by atoms with Gasteiger partial charge in [-0.05, 0) is 74.4 Å². The molecule has 4 rings (SSSR count). The Kier molecular flexibility index (Phi) is 11.3. The molecule has 0 fully saturated rings. The molecule has 0 spiro atoms. The molecule has 0 aliphatic carbocycles. The number of carbonyl (C=O) groups is 2. The number of anilines is 1. The Bertz CT molecular complexity index is 1710. The highest BCUT2D eigenvalue weighted by Crippen LogP contribution is 2.28. The lowest BCUT2D eigenvalue weighted by Crippen LogP contribution is -2.54. The van der Waals surface area contributed by atoms with Crippen molar-refractivity contribution in [2.24, 2.45) is 0 Å². The van der Waals surface area contributed by atoms with Gasteiger partial charge in [0, 0.05) is 24.0 Å². The number of aryl methyl sites for hydroxylation is 1. The summed E-state index contributed by atoms with van der Waals surface area (Å²) >= 11 is 6.29. The van der Waals surface area contributed by atoms with Crippen molar-refractivity contribution in [3.63, 3.8) is 0 Å². The molecule has 10 heteroatoms. The number of halogens is 1. The average molecular weight is 648 g/mol. The first-order valence-electron chi connectivity index (χ1n) is 14.6. The molecule has 4 aromatic carbocycles. The number of methoxy groups -OCH3 is 1. The topological polar surface area (TPSA) is 96.0 Å². The molecular formula is C35H38ClN3O5S. The van der Waals surface area contributed by atoms with Crippen molar-refractivity contribution >= 4 is 39.1 Å². The third-order valence-corrected chi connectivity index (χ3v) is 9.18. The largest absolute Gasteiger partial charge is 0.497 e. The van der Waals surface area contributed by atoms with Crippen LogP contribution in [0, 0.1) is 6.92 Å². The van der Waals surface area contributed by atoms with Crippen LogP contribution in [0.5, 0.6) is 5.75 Å². The summed E-state index contributed by atoms with van der Waals surface area (Å²) in [6.07, 6.45) is 0.235. The molecule has 45 heavy (non-hydrogen) atoms. The van der Waals surface area contributed by atoms with E-state index >= 15 is 0 Å². The van der Waals surface area contributed by atoms with Crippen molar-refractivity contribution < 1.29 is 22.7 Å². The Labute approximate surface area is 270 Å². The highest BCUT2D eigenvalue weighted by molar-refractivity contribution is 7.92. The van der Waals surface area contributed by atoms with Gasteiger partial charge >= 0.3 is 0 Å². The summed E-state index contributed by atoms with van der Waals surface area (Å²) in [7, 11) is -2.77. The smallest absolute Gasteiger partial charge is 0.264 e. The molecular weight excluding hydrogens is 610 g/mol. The van der Waals surface area contributed by atoms with E-state index in [-0.39, 0.29) is 35.5 Å². The summed E-state index contributed by atoms with van der Waals surface area (Å²) in [6.45, 7) is 5.18. The van der Waals surface area contributed by atoms with Crippen molar-refractivity contribution in [1.29, 1.82) is 0 Å². The normalized spacial score (nSPS) is 12.0. The predicted molar refractivity (Wildman–Crippen MR) is 178 cm³/mol. The highest BCUT2D eigenvalue weighted by atomic mass is 35.5. The van der Waals surface area contributed by atoms with E-state index in [0.717, 1.165) is 21.0 Å². The van der Waals surface area contributed by atoms with Gasteiger partial charge < -0.3 is 15.0 Å². The summed E-state index contributed by atoms with van der Waals surface area (Å²) in [4.78, 5) is 29.7. The fourth-order valence-corrected chi connectivity index (χ4v) is 6.57. The third-order valence-electron chi connectivity index (χ3n) is 7.16. The minimum atomic E-state index is -4.26. The summed E-state index contributed by atoms with van der Waals surface area (Å²) < 4.78 is 34.5. The monoisotopic (exact) mass is 647 g/mol. The van der Waals surface area contributed by atoms with Gasteiger partial charge in [0.05, 0.1) is 17.7 Å². The molecule has 1 unspecified atom stereocenters. The van der Waals surface area contributed by atoms with Crippen LogP contribution in [0.1, 0.15) is 30.5 Å². The van der Waals surface area contributed by atoms with Crippen LogP contribution in [0.2, 0.25) is 5.02 Å². The number of hydrogen-bond acceptors (Lipinski definition) is 5. The van der Waals surface area contributed by atoms with Gasteiger partial charge in [-0.1, -0.05) is 77.8 Å². The van der Waals surface area contributed by atoms with Crippen molar-refractivity contribution in [2.75, 3.05) is 18.0 Å². The molecule has 1 N–H and O–H groups in total. The second-order valence-corrected chi connectivity index (χ2v) is 13.3. The number of rotatable bonds is 13. The quantitative estimate of drug-likeness (QED) is 0.192. The number of hydrogen-bond donors (Lipinski definition) is 1. The maximum atomic E-state index is 14.5. The molecule has 0 aromatic heterocycles. The zero-order chi connectivity index (χ0) is 32.6. The summed E-state index contributed by atoms with van der Waals surface area (Å²) in [5.41, 5.74) is 2.88. The highest BCUT2D eigenvalue weighted by Gasteiger charge is 2.35. The Morgan fingerprint density at radius 3 is 2.16 bits per heavy atom. The molecule has 0 aliphatic heterocycles. The van der Waals surface area contributed by atoms with E-state index in [2.05, 4.69) is 5.32 Å². The first-order valence-corrected chi connectivity index (χ1v) is 16.4. The van der Waals surface area contributed by atoms with E-state index in [4.69, 9.17) is 16.3 Å². The van der Waals surface area contributed by atoms with E-state index in [9.17, 15) is 18.0 Å². The summed E-state index contributed by atoms with van der Waals surface area (Å²) in [6, 6.07) is 28.3. The van der Waals surface area contributed by atoms with Gasteiger partial charge in [-0.2, -0.15) is 0 Å². The number of nitrogens with zero attached hydrogens (tertiary/aromatic N) is 2. The number of benzene rings is 4. The van der Waals surface area contributed by atoms with Crippen molar-refractivity contribution in [3.05, 3.63) is 125 Å². The van der Waals surface area contributed by atoms with Crippen molar-refractivity contribution in [1.82, 2.24) is 10.2 Å². The van der Waals surface area contributed by atoms with Crippen LogP contribution in [-0.4, -0.2) is 50.9 Å². The van der Waals surface area contributed by atoms with Crippen LogP contribution in [0.3, 0.4) is 0 Å². The molecule has 0 saturated carbocycles. The lowest BCUT2D eigenvalue weighted by molar-refractivity contribution is -0.140. The number of carbonyl (C=O) groups excluding carboxylic acids is 2. The first kappa shape index (κ1) is 33.6. The summed E-state index contributed by atoms with van der Waals surface area (Å²) in [5.74, 6) is -0.390. The fraction of sp³-hybridized carbons (Fsp3) is 0.257. The van der Waals surface area contributed by atoms with Crippen LogP contribution in [0.25, 0.3) is 0 Å². The van der Waals surface area contributed by atoms with Crippen LogP contribution in [-0.2, 0) is 32.6 Å². The lowest BCUT2D eigenvalue weighted by Gasteiger charge is -2.34. The third kappa shape index (κ3) is 8.86. The molecule has 236 valence electrons. The molecule has 0 bridgehead atoms. The molecule has 0 saturated heterocycles. The Balaban J connectivity index is 1.81. The molecule has 0 heterocycles. The van der Waals surface area contributed by atoms with Gasteiger partial charge in [-0.25, -0.2) is 8.42 Å². The molecule has 0 aliphatic rings. The number of amides is 2. The average Bonchev–Trinajstić information content (AvgIpc) is 3.01. The summed E-state index contributed by atoms with van der Waals surface area (Å²) in [5, 5.41) is 3.27. The maximum absolute atomic E-state index is 14.5. The molecule has 8 nitrogen and oxygen atoms in total. The van der Waals surface area contributed by atoms with Crippen LogP contribution in [0.15, 0.2) is 108 Å². The molecule has 0 radical (unpaired) electrons. The molecule has 2 amide bonds. The van der Waals surface area contributed by atoms with Crippen molar-refractivity contribution in [3.8, 4) is 5.75 Å². The fourth-order valence-electron chi connectivity index (χ4n) is 4.98. The SMILES string of the molecule is COc1ccc(S(=O)(=O)N(CC(=O)N(Cc2cccc(C)c2)C(Cc2ccccc2)C(=O)NC(C)C)c2cccc(Cl)c2)cc1. The maximum Gasteiger partial charge on any atom is 0.264 e. The van der Waals surface area contributed by atoms with Gasteiger partial charge in [0.15, 0.2) is 0 Å². The first-order chi connectivity index (χ1) is 21.5. The lowest BCUT2D eigenvalue weighted by atomic mass is 10.0. The second-order valence-electron chi connectivity index (χ2n) is 11.0. The zero-order valence-electron chi connectivity index (χ0n) is 25.8. The van der Waals surface area contributed by atoms with Gasteiger partial charge in [0.1, 0.15) is 18.3 Å². The molecule has 1 atom stereocenters. The van der Waals surface area contributed by atoms with E-state index in [1.165, 1.54) is 30.2 Å². The Morgan fingerprint density at radius 2 is 1.53 bits per heavy atom. The van der Waals surface area contributed by atoms with E-state index in [0.29, 0.717) is 10.8 Å². The zero-order valence-corrected chi connectivity index (χ0v) is 27.4. The van der Waals surface area contributed by atoms with Crippen LogP contribution < -0.4 is 14.4 Å². The van der Waals surface area contributed by atoms with Crippen molar-refractivity contribution in [2.45, 2.75) is 50.7 Å². The standard InChI is InChI=1S/C35H38ClN3O5S/c1-25(2)37-35(41)33(21-27-11-6-5-7-12-27)38(23-28-13-8-10-26(3)20-28)34(40)24-39(30-15-9-14-29(36)22-30)45(42,43)32-18-16-31(44-4)17-19-32/h5-20,22,25,33H,21,23-24H2,1-4H3,(H,37,41). The minimum absolute atomic E-state index is 0.0281. The predicted octanol–water partition coefficient (Wildman–Crippen LogP) is 6.02. The van der Waals surface area contributed by atoms with Crippen LogP contribution >= 0.6 is 11.6 Å². The van der Waals surface area contributed by atoms with E-state index < -0.39 is 28.5 Å². The number of nitrogens with one attached hydrogen (secondary N) is 1. The molecule has 4 aromatic rings. The van der Waals surface area contributed by atoms with Gasteiger partial charge in [-0.3, -0.25) is 13.9 Å². The minimum Gasteiger partial charge on any atom is -0.497 e. The second kappa shape index (κ2) is 15.1. The van der Waals surface area contributed by atoms with Crippen LogP contribution in [0.4, 0.5) is 5.69 Å². The van der Waals surface area contributed by atoms with Gasteiger partial charge in [0.2, 0.25) is 11.8 Å². The Hall–Kier alpha value is -4.34.